The molecule has 1 N–H and O–H groups in total. The van der Waals surface area contributed by atoms with Gasteiger partial charge in [-0.3, -0.25) is 4.79 Å². The molecule has 0 aliphatic rings. The highest BCUT2D eigenvalue weighted by molar-refractivity contribution is 7.99. The Hall–Kier alpha value is -1.74. The highest BCUT2D eigenvalue weighted by atomic mass is 32.2. The van der Waals surface area contributed by atoms with Crippen molar-refractivity contribution < 1.29 is 4.79 Å². The molecule has 0 aromatic heterocycles. The fourth-order valence-electron chi connectivity index (χ4n) is 2.00. The zero-order valence-corrected chi connectivity index (χ0v) is 13.3. The van der Waals surface area contributed by atoms with Gasteiger partial charge in [0.25, 0.3) is 0 Å². The molecule has 0 heterocycles. The highest BCUT2D eigenvalue weighted by Gasteiger charge is 2.12. The summed E-state index contributed by atoms with van der Waals surface area (Å²) in [5, 5.41) is 3.01. The Labute approximate surface area is 131 Å². The predicted molar refractivity (Wildman–Crippen MR) is 89.4 cm³/mol. The van der Waals surface area contributed by atoms with Gasteiger partial charge in [-0.1, -0.05) is 55.0 Å². The molecule has 1 atom stereocenters. The van der Waals surface area contributed by atoms with E-state index in [1.54, 1.807) is 11.8 Å². The predicted octanol–water partition coefficient (Wildman–Crippen LogP) is 4.04. The van der Waals surface area contributed by atoms with Crippen LogP contribution in [-0.4, -0.2) is 11.7 Å². The van der Waals surface area contributed by atoms with Gasteiger partial charge < -0.3 is 5.32 Å². The van der Waals surface area contributed by atoms with Crippen LogP contribution in [0.15, 0.2) is 59.5 Å². The van der Waals surface area contributed by atoms with Crippen molar-refractivity contribution >= 4 is 17.7 Å². The number of benzene rings is 2. The molecule has 1 unspecified atom stereocenters. The third-order valence-electron chi connectivity index (χ3n) is 3.24. The van der Waals surface area contributed by atoms with Gasteiger partial charge in [0.1, 0.15) is 0 Å². The summed E-state index contributed by atoms with van der Waals surface area (Å²) in [6.45, 7) is 4.63. The molecule has 2 nitrogen and oxygen atoms in total. The van der Waals surface area contributed by atoms with Crippen LogP contribution in [0.2, 0.25) is 0 Å². The van der Waals surface area contributed by atoms with Crippen LogP contribution in [0.5, 0.6) is 0 Å². The second kappa shape index (κ2) is 7.89. The van der Waals surface area contributed by atoms with Crippen LogP contribution in [-0.2, 0) is 11.3 Å². The lowest BCUT2D eigenvalue weighted by Gasteiger charge is -2.12. The molecule has 2 rings (SSSR count). The summed E-state index contributed by atoms with van der Waals surface area (Å²) in [6.07, 6.45) is 0. The molecular formula is C18H21NOS. The molecule has 21 heavy (non-hydrogen) atoms. The van der Waals surface area contributed by atoms with Crippen LogP contribution >= 0.6 is 11.8 Å². The number of hydrogen-bond acceptors (Lipinski definition) is 2. The van der Waals surface area contributed by atoms with E-state index < -0.39 is 0 Å². The van der Waals surface area contributed by atoms with Crippen molar-refractivity contribution in [3.8, 4) is 0 Å². The van der Waals surface area contributed by atoms with Gasteiger partial charge in [0, 0.05) is 23.1 Å². The summed E-state index contributed by atoms with van der Waals surface area (Å²) < 4.78 is 0. The van der Waals surface area contributed by atoms with Crippen molar-refractivity contribution in [2.24, 2.45) is 5.92 Å². The van der Waals surface area contributed by atoms with E-state index in [4.69, 9.17) is 0 Å². The van der Waals surface area contributed by atoms with Gasteiger partial charge in [-0.25, -0.2) is 0 Å². The summed E-state index contributed by atoms with van der Waals surface area (Å²) in [7, 11) is 0. The van der Waals surface area contributed by atoms with Gasteiger partial charge in [0.15, 0.2) is 0 Å². The number of carbonyl (C=O) groups excluding carboxylic acids is 1. The van der Waals surface area contributed by atoms with Gasteiger partial charge in [0.2, 0.25) is 5.91 Å². The molecule has 0 radical (unpaired) electrons. The Morgan fingerprint density at radius 1 is 1.14 bits per heavy atom. The largest absolute Gasteiger partial charge is 0.352 e. The number of nitrogens with one attached hydrogen (secondary N) is 1. The van der Waals surface area contributed by atoms with E-state index in [0.717, 1.165) is 11.3 Å². The molecule has 110 valence electrons. The Balaban J connectivity index is 1.77. The second-order valence-corrected chi connectivity index (χ2v) is 6.33. The lowest BCUT2D eigenvalue weighted by molar-refractivity contribution is -0.124. The van der Waals surface area contributed by atoms with E-state index in [9.17, 15) is 4.79 Å². The fraction of sp³-hybridized carbons (Fsp3) is 0.278. The minimum atomic E-state index is 0.0000142. The van der Waals surface area contributed by atoms with Crippen molar-refractivity contribution in [3.05, 3.63) is 65.7 Å². The van der Waals surface area contributed by atoms with E-state index in [1.807, 2.05) is 37.3 Å². The zero-order chi connectivity index (χ0) is 15.1. The van der Waals surface area contributed by atoms with Gasteiger partial charge >= 0.3 is 0 Å². The standard InChI is InChI=1S/C18H21NOS/c1-14-7-6-8-16(11-14)12-19-18(20)15(2)13-21-17-9-4-3-5-10-17/h3-11,15H,12-13H2,1-2H3,(H,19,20). The molecule has 0 aliphatic heterocycles. The van der Waals surface area contributed by atoms with E-state index in [0.29, 0.717) is 6.54 Å². The molecule has 0 saturated heterocycles. The monoisotopic (exact) mass is 299 g/mol. The quantitative estimate of drug-likeness (QED) is 0.816. The van der Waals surface area contributed by atoms with E-state index in [1.165, 1.54) is 10.5 Å². The van der Waals surface area contributed by atoms with Crippen LogP contribution < -0.4 is 5.32 Å². The van der Waals surface area contributed by atoms with Gasteiger partial charge in [-0.05, 0) is 24.6 Å². The van der Waals surface area contributed by atoms with Crippen molar-refractivity contribution in [1.82, 2.24) is 5.32 Å². The maximum atomic E-state index is 12.1. The second-order valence-electron chi connectivity index (χ2n) is 5.23. The van der Waals surface area contributed by atoms with Crippen LogP contribution in [0, 0.1) is 12.8 Å². The maximum Gasteiger partial charge on any atom is 0.223 e. The Morgan fingerprint density at radius 3 is 2.62 bits per heavy atom. The summed E-state index contributed by atoms with van der Waals surface area (Å²) in [5.41, 5.74) is 2.36. The lowest BCUT2D eigenvalue weighted by Crippen LogP contribution is -2.29. The molecule has 0 aliphatic carbocycles. The number of hydrogen-bond donors (Lipinski definition) is 1. The van der Waals surface area contributed by atoms with Crippen LogP contribution in [0.3, 0.4) is 0 Å². The SMILES string of the molecule is Cc1cccc(CNC(=O)C(C)CSc2ccccc2)c1. The summed E-state index contributed by atoms with van der Waals surface area (Å²) >= 11 is 1.72. The topological polar surface area (TPSA) is 29.1 Å². The number of amides is 1. The average molecular weight is 299 g/mol. The molecule has 2 aromatic carbocycles. The minimum Gasteiger partial charge on any atom is -0.352 e. The molecule has 3 heteroatoms. The Bertz CT molecular complexity index is 583. The summed E-state index contributed by atoms with van der Waals surface area (Å²) in [5.74, 6) is 0.906. The van der Waals surface area contributed by atoms with Gasteiger partial charge in [-0.15, -0.1) is 11.8 Å². The van der Waals surface area contributed by atoms with Crippen LogP contribution in [0.4, 0.5) is 0 Å². The van der Waals surface area contributed by atoms with Crippen molar-refractivity contribution in [2.75, 3.05) is 5.75 Å². The molecule has 0 fully saturated rings. The molecule has 1 amide bonds. The molecule has 2 aromatic rings. The first-order valence-corrected chi connectivity index (χ1v) is 8.15. The zero-order valence-electron chi connectivity index (χ0n) is 12.5. The Kier molecular flexibility index (Phi) is 5.88. The lowest BCUT2D eigenvalue weighted by atomic mass is 10.1. The first kappa shape index (κ1) is 15.6. The third kappa shape index (κ3) is 5.27. The summed E-state index contributed by atoms with van der Waals surface area (Å²) in [6, 6.07) is 18.4. The first-order chi connectivity index (χ1) is 10.1. The smallest absolute Gasteiger partial charge is 0.223 e. The average Bonchev–Trinajstić information content (AvgIpc) is 2.51. The van der Waals surface area contributed by atoms with Crippen molar-refractivity contribution in [3.63, 3.8) is 0 Å². The fourth-order valence-corrected chi connectivity index (χ4v) is 2.94. The molecule has 0 spiro atoms. The van der Waals surface area contributed by atoms with E-state index in [2.05, 4.69) is 36.5 Å². The Morgan fingerprint density at radius 2 is 1.90 bits per heavy atom. The maximum absolute atomic E-state index is 12.1. The van der Waals surface area contributed by atoms with Crippen molar-refractivity contribution in [2.45, 2.75) is 25.3 Å². The van der Waals surface area contributed by atoms with Crippen molar-refractivity contribution in [1.29, 1.82) is 0 Å². The van der Waals surface area contributed by atoms with Gasteiger partial charge in [-0.2, -0.15) is 0 Å². The van der Waals surface area contributed by atoms with Crippen LogP contribution in [0.1, 0.15) is 18.1 Å². The number of thioether (sulfide) groups is 1. The summed E-state index contributed by atoms with van der Waals surface area (Å²) in [4.78, 5) is 13.3. The number of carbonyl (C=O) groups is 1. The minimum absolute atomic E-state index is 0.0000142. The first-order valence-electron chi connectivity index (χ1n) is 7.16. The molecule has 0 saturated carbocycles. The highest BCUT2D eigenvalue weighted by Crippen LogP contribution is 2.20. The third-order valence-corrected chi connectivity index (χ3v) is 4.51. The van der Waals surface area contributed by atoms with Crippen LogP contribution in [0.25, 0.3) is 0 Å². The molecular weight excluding hydrogens is 278 g/mol. The number of rotatable bonds is 6. The van der Waals surface area contributed by atoms with E-state index >= 15 is 0 Å². The van der Waals surface area contributed by atoms with E-state index in [-0.39, 0.29) is 11.8 Å². The normalized spacial score (nSPS) is 11.9. The molecule has 0 bridgehead atoms. The van der Waals surface area contributed by atoms with Gasteiger partial charge in [0.05, 0.1) is 0 Å². The number of aryl methyl sites for hydroxylation is 1.